The van der Waals surface area contributed by atoms with Crippen LogP contribution in [0.1, 0.15) is 6.92 Å². The number of ether oxygens (including phenoxy) is 2. The molecule has 0 radical (unpaired) electrons. The average molecular weight is 242 g/mol. The van der Waals surface area contributed by atoms with Crippen LogP contribution in [0.15, 0.2) is 11.8 Å². The van der Waals surface area contributed by atoms with Gasteiger partial charge in [0.15, 0.2) is 0 Å². The summed E-state index contributed by atoms with van der Waals surface area (Å²) in [5, 5.41) is 6.83. The standard InChI is InChI=1S/C11H22N2O2Si/c1-2-7-16(10-8-12-3-5-14-10)11-9-13-4-6-15-11/h2,7,10-13,16H,3-6,8-9H2,1H3. The van der Waals surface area contributed by atoms with Gasteiger partial charge in [0.05, 0.1) is 24.7 Å². The lowest BCUT2D eigenvalue weighted by atomic mass is 10.5. The van der Waals surface area contributed by atoms with E-state index in [1.165, 1.54) is 0 Å². The highest BCUT2D eigenvalue weighted by molar-refractivity contribution is 6.67. The van der Waals surface area contributed by atoms with Crippen molar-refractivity contribution < 1.29 is 9.47 Å². The quantitative estimate of drug-likeness (QED) is 0.648. The molecule has 2 rings (SSSR count). The molecule has 2 atom stereocenters. The lowest BCUT2D eigenvalue weighted by Gasteiger charge is -2.35. The Morgan fingerprint density at radius 2 is 1.62 bits per heavy atom. The molecule has 2 saturated heterocycles. The molecule has 2 aliphatic rings. The second-order valence-corrected chi connectivity index (χ2v) is 7.36. The Hall–Kier alpha value is -0.203. The molecule has 2 N–H and O–H groups in total. The van der Waals surface area contributed by atoms with Crippen molar-refractivity contribution in [3.05, 3.63) is 11.8 Å². The average Bonchev–Trinajstić information content (AvgIpc) is 2.38. The van der Waals surface area contributed by atoms with E-state index in [0.717, 1.165) is 39.4 Å². The highest BCUT2D eigenvalue weighted by atomic mass is 28.3. The van der Waals surface area contributed by atoms with Gasteiger partial charge in [-0.2, -0.15) is 0 Å². The number of rotatable bonds is 3. The first-order valence-electron chi connectivity index (χ1n) is 6.19. The van der Waals surface area contributed by atoms with E-state index in [0.29, 0.717) is 11.5 Å². The molecule has 0 spiro atoms. The van der Waals surface area contributed by atoms with Crippen LogP contribution in [0.5, 0.6) is 0 Å². The van der Waals surface area contributed by atoms with Crippen molar-refractivity contribution in [1.82, 2.24) is 10.6 Å². The maximum Gasteiger partial charge on any atom is 0.131 e. The molecule has 2 unspecified atom stereocenters. The summed E-state index contributed by atoms with van der Waals surface area (Å²) in [5.41, 5.74) is 3.12. The van der Waals surface area contributed by atoms with Crippen molar-refractivity contribution in [3.63, 3.8) is 0 Å². The lowest BCUT2D eigenvalue weighted by molar-refractivity contribution is 0.0476. The highest BCUT2D eigenvalue weighted by Gasteiger charge is 2.32. The second kappa shape index (κ2) is 6.51. The molecule has 2 heterocycles. The van der Waals surface area contributed by atoms with Gasteiger partial charge in [0.25, 0.3) is 0 Å². The minimum absolute atomic E-state index is 0.384. The van der Waals surface area contributed by atoms with E-state index in [1.807, 2.05) is 0 Å². The SMILES string of the molecule is CC=C[SiH](C1CNCCO1)C1CNCCO1. The van der Waals surface area contributed by atoms with E-state index in [4.69, 9.17) is 9.47 Å². The van der Waals surface area contributed by atoms with Crippen molar-refractivity contribution in [2.24, 2.45) is 0 Å². The molecule has 0 amide bonds. The van der Waals surface area contributed by atoms with E-state index in [9.17, 15) is 0 Å². The predicted molar refractivity (Wildman–Crippen MR) is 67.2 cm³/mol. The van der Waals surface area contributed by atoms with Gasteiger partial charge in [-0.1, -0.05) is 11.8 Å². The summed E-state index contributed by atoms with van der Waals surface area (Å²) in [4.78, 5) is 0. The fraction of sp³-hybridized carbons (Fsp3) is 0.818. The third-order valence-corrected chi connectivity index (χ3v) is 6.59. The normalized spacial score (nSPS) is 34.1. The Balaban J connectivity index is 1.96. The molecule has 0 aliphatic carbocycles. The first-order chi connectivity index (χ1) is 7.92. The fourth-order valence-electron chi connectivity index (χ4n) is 2.38. The first kappa shape index (κ1) is 12.3. The summed E-state index contributed by atoms with van der Waals surface area (Å²) in [6, 6.07) is 0. The van der Waals surface area contributed by atoms with E-state index >= 15 is 0 Å². The molecule has 0 aromatic carbocycles. The maximum atomic E-state index is 5.89. The largest absolute Gasteiger partial charge is 0.379 e. The molecule has 92 valence electrons. The number of allylic oxidation sites excluding steroid dienone is 1. The Morgan fingerprint density at radius 1 is 1.06 bits per heavy atom. The molecule has 16 heavy (non-hydrogen) atoms. The molecule has 4 nitrogen and oxygen atoms in total. The van der Waals surface area contributed by atoms with E-state index < -0.39 is 8.80 Å². The van der Waals surface area contributed by atoms with Gasteiger partial charge in [-0.25, -0.2) is 0 Å². The summed E-state index contributed by atoms with van der Waals surface area (Å²) in [5.74, 6) is 0. The van der Waals surface area contributed by atoms with Crippen LogP contribution in [0.4, 0.5) is 0 Å². The van der Waals surface area contributed by atoms with Gasteiger partial charge in [0.2, 0.25) is 0 Å². The molecule has 0 aromatic heterocycles. The van der Waals surface area contributed by atoms with Crippen molar-refractivity contribution in [2.75, 3.05) is 39.4 Å². The Kier molecular flexibility index (Phi) is 4.99. The zero-order valence-electron chi connectivity index (χ0n) is 9.95. The molecule has 0 aromatic rings. The summed E-state index contributed by atoms with van der Waals surface area (Å²) < 4.78 is 11.8. The van der Waals surface area contributed by atoms with Crippen LogP contribution in [0, 0.1) is 0 Å². The van der Waals surface area contributed by atoms with Crippen LogP contribution < -0.4 is 10.6 Å². The van der Waals surface area contributed by atoms with Crippen LogP contribution in [0.3, 0.4) is 0 Å². The van der Waals surface area contributed by atoms with Crippen LogP contribution in [-0.2, 0) is 9.47 Å². The van der Waals surface area contributed by atoms with E-state index in [-0.39, 0.29) is 0 Å². The van der Waals surface area contributed by atoms with Gasteiger partial charge in [-0.3, -0.25) is 0 Å². The zero-order chi connectivity index (χ0) is 11.2. The number of nitrogens with one attached hydrogen (secondary N) is 2. The molecule has 0 bridgehead atoms. The second-order valence-electron chi connectivity index (χ2n) is 4.33. The Labute approximate surface area is 99.0 Å². The number of hydrogen-bond donors (Lipinski definition) is 2. The topological polar surface area (TPSA) is 42.5 Å². The molecule has 5 heteroatoms. The number of hydrogen-bond acceptors (Lipinski definition) is 4. The molecule has 2 aliphatic heterocycles. The highest BCUT2D eigenvalue weighted by Crippen LogP contribution is 2.11. The third kappa shape index (κ3) is 3.15. The lowest BCUT2D eigenvalue weighted by Crippen LogP contribution is -2.57. The van der Waals surface area contributed by atoms with Gasteiger partial charge in [-0.15, -0.1) is 0 Å². The van der Waals surface area contributed by atoms with Crippen molar-refractivity contribution >= 4 is 8.80 Å². The van der Waals surface area contributed by atoms with Crippen LogP contribution in [0.2, 0.25) is 0 Å². The third-order valence-electron chi connectivity index (χ3n) is 3.19. The van der Waals surface area contributed by atoms with Crippen molar-refractivity contribution in [1.29, 1.82) is 0 Å². The van der Waals surface area contributed by atoms with E-state index in [2.05, 4.69) is 29.3 Å². The molecule has 2 fully saturated rings. The van der Waals surface area contributed by atoms with Crippen LogP contribution >= 0.6 is 0 Å². The Bertz CT molecular complexity index is 208. The minimum Gasteiger partial charge on any atom is -0.379 e. The van der Waals surface area contributed by atoms with Crippen molar-refractivity contribution in [2.45, 2.75) is 18.4 Å². The van der Waals surface area contributed by atoms with Crippen LogP contribution in [0.25, 0.3) is 0 Å². The summed E-state index contributed by atoms with van der Waals surface area (Å²) in [7, 11) is -1.15. The minimum atomic E-state index is -1.15. The summed E-state index contributed by atoms with van der Waals surface area (Å²) >= 11 is 0. The summed E-state index contributed by atoms with van der Waals surface area (Å²) in [6.07, 6.45) is 2.16. The molecule has 0 saturated carbocycles. The molecular weight excluding hydrogens is 220 g/mol. The monoisotopic (exact) mass is 242 g/mol. The predicted octanol–water partition coefficient (Wildman–Crippen LogP) is -0.616. The Morgan fingerprint density at radius 3 is 2.00 bits per heavy atom. The fourth-order valence-corrected chi connectivity index (χ4v) is 5.39. The maximum absolute atomic E-state index is 5.89. The van der Waals surface area contributed by atoms with Gasteiger partial charge in [0, 0.05) is 26.2 Å². The smallest absolute Gasteiger partial charge is 0.131 e. The van der Waals surface area contributed by atoms with Gasteiger partial charge in [-0.05, 0) is 6.92 Å². The van der Waals surface area contributed by atoms with Gasteiger partial charge < -0.3 is 20.1 Å². The van der Waals surface area contributed by atoms with Crippen molar-refractivity contribution in [3.8, 4) is 0 Å². The van der Waals surface area contributed by atoms with Gasteiger partial charge >= 0.3 is 0 Å². The first-order valence-corrected chi connectivity index (χ1v) is 8.19. The number of morpholine rings is 2. The van der Waals surface area contributed by atoms with Crippen LogP contribution in [-0.4, -0.2) is 59.6 Å². The van der Waals surface area contributed by atoms with Gasteiger partial charge in [0.1, 0.15) is 8.80 Å². The molecular formula is C11H22N2O2Si. The summed E-state index contributed by atoms with van der Waals surface area (Å²) in [6.45, 7) is 7.71. The zero-order valence-corrected chi connectivity index (χ0v) is 11.1. The van der Waals surface area contributed by atoms with E-state index in [1.54, 1.807) is 0 Å².